The Labute approximate surface area is 99.1 Å². The fraction of sp³-hybridized carbons (Fsp3) is 0.250. The third kappa shape index (κ3) is 3.61. The van der Waals surface area contributed by atoms with Crippen molar-refractivity contribution in [1.82, 2.24) is 0 Å². The number of benzene rings is 1. The lowest BCUT2D eigenvalue weighted by molar-refractivity contribution is -0.385. The van der Waals surface area contributed by atoms with Crippen LogP contribution in [-0.2, 0) is 0 Å². The number of hydrogen-bond donors (Lipinski definition) is 0. The Balaban J connectivity index is 2.82. The third-order valence-electron chi connectivity index (χ3n) is 2.08. The lowest BCUT2D eigenvalue weighted by atomic mass is 10.2. The molecule has 0 saturated heterocycles. The molecule has 0 N–H and O–H groups in total. The maximum Gasteiger partial charge on any atom is 0.290 e. The van der Waals surface area contributed by atoms with Crippen LogP contribution in [0.4, 0.5) is 5.69 Å². The summed E-state index contributed by atoms with van der Waals surface area (Å²) in [4.78, 5) is 10.1. The highest BCUT2D eigenvalue weighted by Gasteiger charge is 2.14. The standard InChI is InChI=1S/C12H12N2O3/c1-9(2)5-6-17-11-4-3-10(8-13)12(7-11)14(15)16/h3-4,7H,1,5-6H2,2H3. The average molecular weight is 232 g/mol. The van der Waals surface area contributed by atoms with Gasteiger partial charge in [-0.2, -0.15) is 5.26 Å². The Morgan fingerprint density at radius 2 is 2.35 bits per heavy atom. The lowest BCUT2D eigenvalue weighted by Gasteiger charge is -2.05. The van der Waals surface area contributed by atoms with E-state index in [9.17, 15) is 10.1 Å². The molecule has 0 radical (unpaired) electrons. The van der Waals surface area contributed by atoms with Gasteiger partial charge in [-0.05, 0) is 19.1 Å². The molecule has 0 atom stereocenters. The molecule has 0 spiro atoms. The molecule has 17 heavy (non-hydrogen) atoms. The van der Waals surface area contributed by atoms with Crippen molar-refractivity contribution < 1.29 is 9.66 Å². The molecular weight excluding hydrogens is 220 g/mol. The Kier molecular flexibility index (Phi) is 4.23. The SMILES string of the molecule is C=C(C)CCOc1ccc(C#N)c([N+](=O)[O-])c1. The molecule has 1 aromatic rings. The van der Waals surface area contributed by atoms with Gasteiger partial charge in [-0.1, -0.05) is 5.57 Å². The molecule has 5 heteroatoms. The zero-order chi connectivity index (χ0) is 12.8. The van der Waals surface area contributed by atoms with Crippen molar-refractivity contribution in [2.75, 3.05) is 6.61 Å². The monoisotopic (exact) mass is 232 g/mol. The minimum Gasteiger partial charge on any atom is -0.493 e. The Bertz CT molecular complexity index is 489. The fourth-order valence-corrected chi connectivity index (χ4v) is 1.19. The number of nitriles is 1. The van der Waals surface area contributed by atoms with Gasteiger partial charge in [0.15, 0.2) is 0 Å². The molecule has 0 heterocycles. The molecule has 0 fully saturated rings. The van der Waals surface area contributed by atoms with Crippen LogP contribution in [-0.4, -0.2) is 11.5 Å². The van der Waals surface area contributed by atoms with E-state index in [0.717, 1.165) is 5.57 Å². The van der Waals surface area contributed by atoms with E-state index in [0.29, 0.717) is 18.8 Å². The Hall–Kier alpha value is -2.35. The number of nitro groups is 1. The fourth-order valence-electron chi connectivity index (χ4n) is 1.19. The number of nitrogens with zero attached hydrogens (tertiary/aromatic N) is 2. The average Bonchev–Trinajstić information content (AvgIpc) is 2.28. The van der Waals surface area contributed by atoms with E-state index in [-0.39, 0.29) is 11.3 Å². The zero-order valence-electron chi connectivity index (χ0n) is 9.47. The van der Waals surface area contributed by atoms with E-state index in [1.807, 2.05) is 6.92 Å². The van der Waals surface area contributed by atoms with Crippen LogP contribution in [0.25, 0.3) is 0 Å². The number of rotatable bonds is 5. The Morgan fingerprint density at radius 3 is 2.88 bits per heavy atom. The smallest absolute Gasteiger partial charge is 0.290 e. The van der Waals surface area contributed by atoms with E-state index >= 15 is 0 Å². The van der Waals surface area contributed by atoms with Gasteiger partial charge >= 0.3 is 0 Å². The number of ether oxygens (including phenoxy) is 1. The third-order valence-corrected chi connectivity index (χ3v) is 2.08. The summed E-state index contributed by atoms with van der Waals surface area (Å²) in [6.45, 7) is 6.02. The van der Waals surface area contributed by atoms with E-state index in [2.05, 4.69) is 6.58 Å². The van der Waals surface area contributed by atoms with Gasteiger partial charge in [0.1, 0.15) is 17.4 Å². The second kappa shape index (κ2) is 5.66. The van der Waals surface area contributed by atoms with Crippen LogP contribution in [0.2, 0.25) is 0 Å². The molecule has 5 nitrogen and oxygen atoms in total. The quantitative estimate of drug-likeness (QED) is 0.444. The first-order valence-electron chi connectivity index (χ1n) is 5.00. The first-order chi connectivity index (χ1) is 8.04. The van der Waals surface area contributed by atoms with Crippen LogP contribution < -0.4 is 4.74 Å². The lowest BCUT2D eigenvalue weighted by Crippen LogP contribution is -1.99. The minimum absolute atomic E-state index is 0.0299. The molecule has 0 bridgehead atoms. The highest BCUT2D eigenvalue weighted by atomic mass is 16.6. The summed E-state index contributed by atoms with van der Waals surface area (Å²) in [7, 11) is 0. The molecule has 0 aliphatic rings. The predicted molar refractivity (Wildman–Crippen MR) is 62.7 cm³/mol. The van der Waals surface area contributed by atoms with Crippen LogP contribution in [0.3, 0.4) is 0 Å². The van der Waals surface area contributed by atoms with Gasteiger partial charge in [-0.3, -0.25) is 10.1 Å². The van der Waals surface area contributed by atoms with Crippen LogP contribution in [0, 0.1) is 21.4 Å². The summed E-state index contributed by atoms with van der Waals surface area (Å²) in [5, 5.41) is 19.4. The molecular formula is C12H12N2O3. The summed E-state index contributed by atoms with van der Waals surface area (Å²) >= 11 is 0. The van der Waals surface area contributed by atoms with Crippen molar-refractivity contribution in [3.63, 3.8) is 0 Å². The maximum absolute atomic E-state index is 10.7. The maximum atomic E-state index is 10.7. The number of nitro benzene ring substituents is 1. The summed E-state index contributed by atoms with van der Waals surface area (Å²) in [6.07, 6.45) is 0.688. The van der Waals surface area contributed by atoms with E-state index < -0.39 is 4.92 Å². The molecule has 0 unspecified atom stereocenters. The first-order valence-corrected chi connectivity index (χ1v) is 5.00. The summed E-state index contributed by atoms with van der Waals surface area (Å²) in [5.41, 5.74) is 0.774. The van der Waals surface area contributed by atoms with Crippen LogP contribution in [0.1, 0.15) is 18.9 Å². The van der Waals surface area contributed by atoms with Gasteiger partial charge in [0.05, 0.1) is 17.6 Å². The first kappa shape index (κ1) is 12.7. The Morgan fingerprint density at radius 1 is 1.65 bits per heavy atom. The molecule has 1 rings (SSSR count). The second-order valence-corrected chi connectivity index (χ2v) is 3.60. The van der Waals surface area contributed by atoms with Crippen molar-refractivity contribution in [2.24, 2.45) is 0 Å². The van der Waals surface area contributed by atoms with Gasteiger partial charge < -0.3 is 4.74 Å². The van der Waals surface area contributed by atoms with Crippen LogP contribution >= 0.6 is 0 Å². The van der Waals surface area contributed by atoms with Crippen molar-refractivity contribution in [2.45, 2.75) is 13.3 Å². The molecule has 0 aliphatic heterocycles. The molecule has 0 saturated carbocycles. The number of hydrogen-bond acceptors (Lipinski definition) is 4. The largest absolute Gasteiger partial charge is 0.493 e. The van der Waals surface area contributed by atoms with Crippen LogP contribution in [0.5, 0.6) is 5.75 Å². The molecule has 0 amide bonds. The van der Waals surface area contributed by atoms with Crippen LogP contribution in [0.15, 0.2) is 30.4 Å². The van der Waals surface area contributed by atoms with Crippen molar-refractivity contribution in [1.29, 1.82) is 5.26 Å². The molecule has 0 aromatic heterocycles. The molecule has 88 valence electrons. The van der Waals surface area contributed by atoms with Crippen molar-refractivity contribution in [3.8, 4) is 11.8 Å². The van der Waals surface area contributed by atoms with Gasteiger partial charge in [0, 0.05) is 6.42 Å². The summed E-state index contributed by atoms with van der Waals surface area (Å²) in [5.74, 6) is 0.386. The molecule has 0 aliphatic carbocycles. The minimum atomic E-state index is -0.593. The topological polar surface area (TPSA) is 76.2 Å². The molecule has 1 aromatic carbocycles. The van der Waals surface area contributed by atoms with Gasteiger partial charge in [0.25, 0.3) is 5.69 Å². The van der Waals surface area contributed by atoms with E-state index in [1.54, 1.807) is 12.1 Å². The summed E-state index contributed by atoms with van der Waals surface area (Å²) in [6, 6.07) is 5.96. The summed E-state index contributed by atoms with van der Waals surface area (Å²) < 4.78 is 5.33. The van der Waals surface area contributed by atoms with Gasteiger partial charge in [-0.25, -0.2) is 0 Å². The normalized spacial score (nSPS) is 9.41. The zero-order valence-corrected chi connectivity index (χ0v) is 9.47. The van der Waals surface area contributed by atoms with Crippen molar-refractivity contribution in [3.05, 3.63) is 46.0 Å². The second-order valence-electron chi connectivity index (χ2n) is 3.60. The van der Waals surface area contributed by atoms with Gasteiger partial charge in [-0.15, -0.1) is 6.58 Å². The van der Waals surface area contributed by atoms with E-state index in [4.69, 9.17) is 10.00 Å². The highest BCUT2D eigenvalue weighted by molar-refractivity contribution is 5.52. The predicted octanol–water partition coefficient (Wildman–Crippen LogP) is 2.81. The highest BCUT2D eigenvalue weighted by Crippen LogP contribution is 2.24. The van der Waals surface area contributed by atoms with E-state index in [1.165, 1.54) is 12.1 Å². The van der Waals surface area contributed by atoms with Gasteiger partial charge in [0.2, 0.25) is 0 Å². The van der Waals surface area contributed by atoms with Crippen molar-refractivity contribution >= 4 is 5.69 Å².